The van der Waals surface area contributed by atoms with Gasteiger partial charge in [0.05, 0.1) is 30.8 Å². The Morgan fingerprint density at radius 1 is 1.19 bits per heavy atom. The van der Waals surface area contributed by atoms with Crippen LogP contribution >= 0.6 is 0 Å². The van der Waals surface area contributed by atoms with Crippen molar-refractivity contribution >= 4 is 5.91 Å². The molecule has 1 saturated carbocycles. The van der Waals surface area contributed by atoms with E-state index in [2.05, 4.69) is 5.32 Å². The minimum absolute atomic E-state index is 0.121. The summed E-state index contributed by atoms with van der Waals surface area (Å²) in [6.45, 7) is 7.55. The molecule has 1 saturated heterocycles. The van der Waals surface area contributed by atoms with E-state index in [1.54, 1.807) is 0 Å². The molecule has 1 amide bonds. The zero-order valence-corrected chi connectivity index (χ0v) is 13.5. The average Bonchev–Trinajstić information content (AvgIpc) is 2.48. The number of carbonyl (C=O) groups is 1. The lowest BCUT2D eigenvalue weighted by molar-refractivity contribution is -0.148. The van der Waals surface area contributed by atoms with Gasteiger partial charge in [-0.3, -0.25) is 4.79 Å². The summed E-state index contributed by atoms with van der Waals surface area (Å²) in [5.41, 5.74) is -0.615. The summed E-state index contributed by atoms with van der Waals surface area (Å²) in [5.74, 6) is 0.237. The molecular weight excluding hydrogens is 268 g/mol. The largest absolute Gasteiger partial charge is 0.396 e. The van der Waals surface area contributed by atoms with Crippen LogP contribution in [0.2, 0.25) is 0 Å². The second kappa shape index (κ2) is 7.07. The molecule has 21 heavy (non-hydrogen) atoms. The fourth-order valence-electron chi connectivity index (χ4n) is 3.43. The van der Waals surface area contributed by atoms with E-state index in [0.717, 1.165) is 38.8 Å². The fraction of sp³-hybridized carbons (Fsp3) is 0.938. The number of hydrogen-bond donors (Lipinski definition) is 2. The third kappa shape index (κ3) is 3.41. The van der Waals surface area contributed by atoms with Gasteiger partial charge < -0.3 is 20.1 Å². The van der Waals surface area contributed by atoms with Gasteiger partial charge in [-0.05, 0) is 26.7 Å². The van der Waals surface area contributed by atoms with Gasteiger partial charge in [0.25, 0.3) is 0 Å². The number of ether oxygens (including phenoxy) is 1. The summed E-state index contributed by atoms with van der Waals surface area (Å²) in [6, 6.07) is 0. The van der Waals surface area contributed by atoms with E-state index >= 15 is 0 Å². The zero-order chi connectivity index (χ0) is 15.3. The maximum atomic E-state index is 13.0. The number of nitrogens with one attached hydrogen (secondary N) is 1. The molecule has 0 spiro atoms. The number of aliphatic hydroxyl groups excluding tert-OH is 1. The molecule has 0 aromatic heterocycles. The maximum absolute atomic E-state index is 13.0. The predicted molar refractivity (Wildman–Crippen MR) is 82.1 cm³/mol. The lowest BCUT2D eigenvalue weighted by Crippen LogP contribution is -2.63. The molecule has 0 aromatic rings. The summed E-state index contributed by atoms with van der Waals surface area (Å²) in [4.78, 5) is 14.9. The second-order valence-electron chi connectivity index (χ2n) is 6.62. The number of rotatable bonds is 7. The average molecular weight is 298 g/mol. The Morgan fingerprint density at radius 2 is 1.81 bits per heavy atom. The van der Waals surface area contributed by atoms with E-state index in [0.29, 0.717) is 19.8 Å². The lowest BCUT2D eigenvalue weighted by atomic mass is 9.78. The van der Waals surface area contributed by atoms with Crippen LogP contribution in [0.5, 0.6) is 0 Å². The van der Waals surface area contributed by atoms with E-state index in [1.165, 1.54) is 6.42 Å². The Balaban J connectivity index is 2.07. The minimum atomic E-state index is -0.429. The molecule has 2 N–H and O–H groups in total. The molecule has 1 heterocycles. The van der Waals surface area contributed by atoms with E-state index in [4.69, 9.17) is 4.74 Å². The Bertz CT molecular complexity index is 340. The smallest absolute Gasteiger partial charge is 0.242 e. The van der Waals surface area contributed by atoms with Crippen LogP contribution in [0.3, 0.4) is 0 Å². The van der Waals surface area contributed by atoms with Crippen LogP contribution in [-0.4, -0.2) is 60.9 Å². The molecule has 0 radical (unpaired) electrons. The fourth-order valence-corrected chi connectivity index (χ4v) is 3.43. The van der Waals surface area contributed by atoms with Gasteiger partial charge in [-0.1, -0.05) is 19.3 Å². The number of carbonyl (C=O) groups excluding carboxylic acids is 1. The van der Waals surface area contributed by atoms with Crippen molar-refractivity contribution in [3.8, 4) is 0 Å². The van der Waals surface area contributed by atoms with Crippen LogP contribution in [-0.2, 0) is 9.53 Å². The van der Waals surface area contributed by atoms with Crippen molar-refractivity contribution in [1.29, 1.82) is 0 Å². The van der Waals surface area contributed by atoms with E-state index in [9.17, 15) is 9.90 Å². The highest BCUT2D eigenvalue weighted by atomic mass is 16.5. The van der Waals surface area contributed by atoms with Crippen LogP contribution in [0.4, 0.5) is 0 Å². The molecule has 122 valence electrons. The van der Waals surface area contributed by atoms with Crippen LogP contribution in [0, 0.1) is 5.41 Å². The highest BCUT2D eigenvalue weighted by Gasteiger charge is 2.45. The molecule has 0 bridgehead atoms. The molecule has 0 atom stereocenters. The minimum Gasteiger partial charge on any atom is -0.396 e. The first kappa shape index (κ1) is 16.7. The Morgan fingerprint density at radius 3 is 2.24 bits per heavy atom. The van der Waals surface area contributed by atoms with Crippen molar-refractivity contribution < 1.29 is 14.6 Å². The Labute approximate surface area is 128 Å². The molecule has 5 nitrogen and oxygen atoms in total. The Hall–Kier alpha value is -0.650. The van der Waals surface area contributed by atoms with Crippen molar-refractivity contribution in [2.75, 3.05) is 39.5 Å². The third-order valence-electron chi connectivity index (χ3n) is 5.12. The summed E-state index contributed by atoms with van der Waals surface area (Å²) in [5, 5.41) is 13.1. The number of hydrogen-bond acceptors (Lipinski definition) is 4. The molecule has 1 aliphatic heterocycles. The molecule has 5 heteroatoms. The summed E-state index contributed by atoms with van der Waals surface area (Å²) in [6.07, 6.45) is 5.23. The monoisotopic (exact) mass is 298 g/mol. The Kier molecular flexibility index (Phi) is 5.63. The van der Waals surface area contributed by atoms with Crippen LogP contribution in [0.1, 0.15) is 46.0 Å². The topological polar surface area (TPSA) is 61.8 Å². The van der Waals surface area contributed by atoms with Gasteiger partial charge in [0.1, 0.15) is 0 Å². The van der Waals surface area contributed by atoms with Gasteiger partial charge in [0.15, 0.2) is 0 Å². The van der Waals surface area contributed by atoms with E-state index in [-0.39, 0.29) is 17.9 Å². The first-order valence-corrected chi connectivity index (χ1v) is 8.34. The van der Waals surface area contributed by atoms with E-state index < -0.39 is 5.54 Å². The molecule has 1 aliphatic carbocycles. The first-order valence-electron chi connectivity index (χ1n) is 8.34. The van der Waals surface area contributed by atoms with Crippen LogP contribution in [0.25, 0.3) is 0 Å². The van der Waals surface area contributed by atoms with Gasteiger partial charge in [-0.15, -0.1) is 0 Å². The zero-order valence-electron chi connectivity index (χ0n) is 13.5. The van der Waals surface area contributed by atoms with Crippen molar-refractivity contribution in [2.24, 2.45) is 5.41 Å². The number of likely N-dealkylation sites (N-methyl/N-ethyl adjacent to an activating group) is 1. The van der Waals surface area contributed by atoms with Crippen molar-refractivity contribution in [1.82, 2.24) is 10.2 Å². The second-order valence-corrected chi connectivity index (χ2v) is 6.62. The van der Waals surface area contributed by atoms with Gasteiger partial charge in [0, 0.05) is 19.6 Å². The quantitative estimate of drug-likeness (QED) is 0.740. The molecule has 0 unspecified atom stereocenters. The van der Waals surface area contributed by atoms with Crippen molar-refractivity contribution in [3.63, 3.8) is 0 Å². The predicted octanol–water partition coefficient (Wildman–Crippen LogP) is 1.16. The van der Waals surface area contributed by atoms with Gasteiger partial charge in [0.2, 0.25) is 5.91 Å². The van der Waals surface area contributed by atoms with Gasteiger partial charge >= 0.3 is 0 Å². The van der Waals surface area contributed by atoms with Gasteiger partial charge in [-0.2, -0.15) is 0 Å². The SMILES string of the molecule is CCN(CC)C(=O)C1(NCC2(CO)COC2)CCCCC1. The molecule has 0 aromatic carbocycles. The van der Waals surface area contributed by atoms with Gasteiger partial charge in [-0.25, -0.2) is 0 Å². The summed E-state index contributed by atoms with van der Waals surface area (Å²) >= 11 is 0. The first-order chi connectivity index (χ1) is 10.1. The molecule has 2 aliphatic rings. The van der Waals surface area contributed by atoms with Crippen LogP contribution < -0.4 is 5.32 Å². The number of nitrogens with zero attached hydrogens (tertiary/aromatic N) is 1. The summed E-state index contributed by atoms with van der Waals surface area (Å²) in [7, 11) is 0. The molecular formula is C16H30N2O3. The van der Waals surface area contributed by atoms with Crippen LogP contribution in [0.15, 0.2) is 0 Å². The standard InChI is InChI=1S/C16H30N2O3/c1-3-18(4-2)14(20)16(8-6-5-7-9-16)17-10-15(11-19)12-21-13-15/h17,19H,3-13H2,1-2H3. The van der Waals surface area contributed by atoms with Crippen molar-refractivity contribution in [3.05, 3.63) is 0 Å². The lowest BCUT2D eigenvalue weighted by Gasteiger charge is -2.45. The summed E-state index contributed by atoms with van der Waals surface area (Å²) < 4.78 is 5.26. The maximum Gasteiger partial charge on any atom is 0.242 e. The highest BCUT2D eigenvalue weighted by Crippen LogP contribution is 2.33. The number of amides is 1. The normalized spacial score (nSPS) is 23.4. The molecule has 2 fully saturated rings. The highest BCUT2D eigenvalue weighted by molar-refractivity contribution is 5.86. The third-order valence-corrected chi connectivity index (χ3v) is 5.12. The van der Waals surface area contributed by atoms with E-state index in [1.807, 2.05) is 18.7 Å². The number of aliphatic hydroxyl groups is 1. The van der Waals surface area contributed by atoms with Crippen molar-refractivity contribution in [2.45, 2.75) is 51.5 Å². The molecule has 2 rings (SSSR count).